The maximum absolute atomic E-state index is 9.00. The number of rotatable bonds is 0. The summed E-state index contributed by atoms with van der Waals surface area (Å²) in [7, 11) is 0. The SMILES string of the molecule is C1CCNCC1.CC(=O)O.O.[CaH2]. The van der Waals surface area contributed by atoms with E-state index in [9.17, 15) is 0 Å². The van der Waals surface area contributed by atoms with Gasteiger partial charge in [0.2, 0.25) is 0 Å². The van der Waals surface area contributed by atoms with Gasteiger partial charge in [-0.3, -0.25) is 4.79 Å². The Balaban J connectivity index is -0.000000124. The molecule has 1 aliphatic heterocycles. The van der Waals surface area contributed by atoms with Crippen LogP contribution in [-0.2, 0) is 4.79 Å². The Kier molecular flexibility index (Phi) is 21.8. The summed E-state index contributed by atoms with van der Waals surface area (Å²) in [6, 6.07) is 0. The second-order valence-corrected chi connectivity index (χ2v) is 2.33. The monoisotopic (exact) mass is 205 g/mol. The van der Waals surface area contributed by atoms with E-state index in [4.69, 9.17) is 9.90 Å². The fourth-order valence-corrected chi connectivity index (χ4v) is 0.802. The normalized spacial score (nSPS) is 14.1. The second-order valence-electron chi connectivity index (χ2n) is 2.33. The van der Waals surface area contributed by atoms with E-state index in [0.29, 0.717) is 0 Å². The molecule has 0 aromatic carbocycles. The van der Waals surface area contributed by atoms with Crippen molar-refractivity contribution in [2.45, 2.75) is 26.2 Å². The molecule has 0 aromatic heterocycles. The van der Waals surface area contributed by atoms with Gasteiger partial charge in [0, 0.05) is 6.92 Å². The number of carboxylic acid groups (broad SMARTS) is 1. The minimum absolute atomic E-state index is 0. The van der Waals surface area contributed by atoms with Crippen molar-refractivity contribution < 1.29 is 15.4 Å². The average Bonchev–Trinajstić information content (AvgIpc) is 1.90. The van der Waals surface area contributed by atoms with Crippen LogP contribution in [0.5, 0.6) is 0 Å². The first-order chi connectivity index (χ1) is 4.73. The molecule has 1 aliphatic rings. The van der Waals surface area contributed by atoms with E-state index >= 15 is 0 Å². The standard InChI is InChI=1S/C5H11N.C2H4O2.Ca.H2O.2H/c1-2-4-6-5-3-1;1-2(3)4;;;;/h6H,1-5H2;1H3,(H,3,4);;1H2;;. The molecule has 0 saturated carbocycles. The van der Waals surface area contributed by atoms with Crippen LogP contribution >= 0.6 is 0 Å². The van der Waals surface area contributed by atoms with E-state index in [1.54, 1.807) is 0 Å². The molecule has 4 nitrogen and oxygen atoms in total. The van der Waals surface area contributed by atoms with Gasteiger partial charge in [0.25, 0.3) is 5.97 Å². The number of hydrogen-bond acceptors (Lipinski definition) is 2. The first-order valence-electron chi connectivity index (χ1n) is 3.63. The Morgan fingerprint density at radius 1 is 1.25 bits per heavy atom. The van der Waals surface area contributed by atoms with Crippen LogP contribution < -0.4 is 5.32 Å². The first kappa shape index (κ1) is 18.4. The predicted octanol–water partition coefficient (Wildman–Crippen LogP) is -0.890. The van der Waals surface area contributed by atoms with E-state index in [0.717, 1.165) is 6.92 Å². The summed E-state index contributed by atoms with van der Waals surface area (Å²) < 4.78 is 0. The molecule has 4 N–H and O–H groups in total. The summed E-state index contributed by atoms with van der Waals surface area (Å²) in [6.07, 6.45) is 4.22. The summed E-state index contributed by atoms with van der Waals surface area (Å²) in [6.45, 7) is 3.58. The molecule has 1 saturated heterocycles. The van der Waals surface area contributed by atoms with Gasteiger partial charge in [0.05, 0.1) is 0 Å². The number of carbonyl (C=O) groups is 1. The number of aliphatic carboxylic acids is 1. The molecule has 1 fully saturated rings. The number of nitrogens with one attached hydrogen (secondary N) is 1. The third-order valence-electron chi connectivity index (χ3n) is 1.21. The van der Waals surface area contributed by atoms with Crippen LogP contribution in [0.25, 0.3) is 0 Å². The topological polar surface area (TPSA) is 80.8 Å². The molecule has 0 amide bonds. The van der Waals surface area contributed by atoms with Crippen molar-refractivity contribution in [3.05, 3.63) is 0 Å². The number of piperidine rings is 1. The van der Waals surface area contributed by atoms with Crippen molar-refractivity contribution in [3.8, 4) is 0 Å². The first-order valence-corrected chi connectivity index (χ1v) is 3.63. The van der Waals surface area contributed by atoms with Crippen molar-refractivity contribution in [1.82, 2.24) is 5.32 Å². The van der Waals surface area contributed by atoms with Gasteiger partial charge in [-0.15, -0.1) is 0 Å². The molecule has 12 heavy (non-hydrogen) atoms. The molecule has 72 valence electrons. The third kappa shape index (κ3) is 22.4. The Bertz CT molecular complexity index is 81.1. The van der Waals surface area contributed by atoms with E-state index in [2.05, 4.69) is 5.32 Å². The van der Waals surface area contributed by atoms with Gasteiger partial charge in [-0.05, 0) is 25.9 Å². The minimum atomic E-state index is -0.833. The third-order valence-corrected chi connectivity index (χ3v) is 1.21. The van der Waals surface area contributed by atoms with Crippen LogP contribution in [0.1, 0.15) is 26.2 Å². The zero-order valence-electron chi connectivity index (χ0n) is 6.89. The van der Waals surface area contributed by atoms with Crippen LogP contribution in [0.15, 0.2) is 0 Å². The van der Waals surface area contributed by atoms with Gasteiger partial charge in [0.15, 0.2) is 0 Å². The molecule has 0 unspecified atom stereocenters. The van der Waals surface area contributed by atoms with Crippen LogP contribution in [0.4, 0.5) is 0 Å². The second kappa shape index (κ2) is 14.2. The fraction of sp³-hybridized carbons (Fsp3) is 0.857. The van der Waals surface area contributed by atoms with Gasteiger partial charge < -0.3 is 15.9 Å². The zero-order valence-corrected chi connectivity index (χ0v) is 6.89. The summed E-state index contributed by atoms with van der Waals surface area (Å²) in [5.41, 5.74) is 0. The molecule has 0 aliphatic carbocycles. The number of carboxylic acids is 1. The molecule has 0 aromatic rings. The van der Waals surface area contributed by atoms with Crippen LogP contribution in [-0.4, -0.2) is 67.4 Å². The average molecular weight is 205 g/mol. The molecule has 1 heterocycles. The molecular formula is C7H19CaNO3. The van der Waals surface area contributed by atoms with Gasteiger partial charge in [-0.25, -0.2) is 0 Å². The van der Waals surface area contributed by atoms with Gasteiger partial charge in [0.1, 0.15) is 0 Å². The molecule has 1 rings (SSSR count). The zero-order chi connectivity index (χ0) is 7.82. The van der Waals surface area contributed by atoms with E-state index < -0.39 is 5.97 Å². The van der Waals surface area contributed by atoms with Crippen molar-refractivity contribution in [2.75, 3.05) is 13.1 Å². The van der Waals surface area contributed by atoms with Crippen LogP contribution in [0.2, 0.25) is 0 Å². The molecule has 0 bridgehead atoms. The Labute approximate surface area is 103 Å². The Morgan fingerprint density at radius 2 is 1.58 bits per heavy atom. The van der Waals surface area contributed by atoms with E-state index in [1.807, 2.05) is 0 Å². The summed E-state index contributed by atoms with van der Waals surface area (Å²) in [4.78, 5) is 9.00. The summed E-state index contributed by atoms with van der Waals surface area (Å²) in [5.74, 6) is -0.833. The summed E-state index contributed by atoms with van der Waals surface area (Å²) in [5, 5.41) is 10.7. The van der Waals surface area contributed by atoms with Crippen molar-refractivity contribution >= 4 is 43.7 Å². The fourth-order valence-electron chi connectivity index (χ4n) is 0.802. The Morgan fingerprint density at radius 3 is 1.67 bits per heavy atom. The van der Waals surface area contributed by atoms with E-state index in [-0.39, 0.29) is 43.2 Å². The Hall–Kier alpha value is 0.650. The molecule has 0 radical (unpaired) electrons. The van der Waals surface area contributed by atoms with Crippen molar-refractivity contribution in [3.63, 3.8) is 0 Å². The quantitative estimate of drug-likeness (QED) is 0.503. The number of hydrogen-bond donors (Lipinski definition) is 2. The van der Waals surface area contributed by atoms with Crippen LogP contribution in [0, 0.1) is 0 Å². The van der Waals surface area contributed by atoms with Crippen molar-refractivity contribution in [1.29, 1.82) is 0 Å². The molecule has 0 spiro atoms. The maximum atomic E-state index is 9.00. The van der Waals surface area contributed by atoms with Crippen LogP contribution in [0.3, 0.4) is 0 Å². The van der Waals surface area contributed by atoms with Gasteiger partial charge >= 0.3 is 37.7 Å². The van der Waals surface area contributed by atoms with Gasteiger partial charge in [-0.1, -0.05) is 6.42 Å². The molecule has 0 atom stereocenters. The molecule has 5 heteroatoms. The van der Waals surface area contributed by atoms with Gasteiger partial charge in [-0.2, -0.15) is 0 Å². The summed E-state index contributed by atoms with van der Waals surface area (Å²) >= 11 is 0. The predicted molar refractivity (Wildman–Crippen MR) is 52.2 cm³/mol. The van der Waals surface area contributed by atoms with E-state index in [1.165, 1.54) is 32.4 Å². The van der Waals surface area contributed by atoms with Crippen molar-refractivity contribution in [2.24, 2.45) is 0 Å². The molecular weight excluding hydrogens is 186 g/mol.